The minimum Gasteiger partial charge on any atom is -0.371 e. The number of hydrogen-bond donors (Lipinski definition) is 1. The maximum Gasteiger partial charge on any atom is 0.194 e. The third-order valence-electron chi connectivity index (χ3n) is 6.18. The molecule has 0 radical (unpaired) electrons. The van der Waals surface area contributed by atoms with Gasteiger partial charge in [-0.3, -0.25) is 9.89 Å². The standard InChI is InChI=1S/C23H33ClN6O.HI/c1-3-25-23(29-11-9-28(10-12-29)17-21-7-13-31-27-21)26-15-19-6-8-30(16-19)22-14-20(24)5-4-18(22)2;/h4-5,7,13-14,19H,3,6,8-12,15-17H2,1-2H3,(H,25,26);1H. The fourth-order valence-electron chi connectivity index (χ4n) is 4.43. The van der Waals surface area contributed by atoms with Crippen LogP contribution in [-0.2, 0) is 6.54 Å². The van der Waals surface area contributed by atoms with E-state index < -0.39 is 0 Å². The summed E-state index contributed by atoms with van der Waals surface area (Å²) in [6, 6.07) is 8.10. The van der Waals surface area contributed by atoms with Crippen molar-refractivity contribution in [1.29, 1.82) is 0 Å². The summed E-state index contributed by atoms with van der Waals surface area (Å²) in [4.78, 5) is 12.3. The number of aromatic nitrogens is 1. The van der Waals surface area contributed by atoms with E-state index in [0.29, 0.717) is 5.92 Å². The predicted octanol–water partition coefficient (Wildman–Crippen LogP) is 3.86. The van der Waals surface area contributed by atoms with Crippen molar-refractivity contribution in [3.8, 4) is 0 Å². The molecular formula is C23H34ClIN6O. The molecule has 32 heavy (non-hydrogen) atoms. The lowest BCUT2D eigenvalue weighted by Crippen LogP contribution is -2.52. The molecule has 2 aliphatic heterocycles. The largest absolute Gasteiger partial charge is 0.371 e. The lowest BCUT2D eigenvalue weighted by atomic mass is 10.1. The van der Waals surface area contributed by atoms with Crippen molar-refractivity contribution >= 4 is 47.2 Å². The number of benzene rings is 1. The maximum absolute atomic E-state index is 6.23. The Morgan fingerprint density at radius 1 is 1.22 bits per heavy atom. The van der Waals surface area contributed by atoms with Crippen LogP contribution in [0, 0.1) is 12.8 Å². The van der Waals surface area contributed by atoms with Gasteiger partial charge >= 0.3 is 0 Å². The smallest absolute Gasteiger partial charge is 0.194 e. The Balaban J connectivity index is 0.00000289. The van der Waals surface area contributed by atoms with Crippen molar-refractivity contribution in [2.45, 2.75) is 26.8 Å². The monoisotopic (exact) mass is 572 g/mol. The minimum atomic E-state index is 0. The van der Waals surface area contributed by atoms with Crippen LogP contribution < -0.4 is 10.2 Å². The highest BCUT2D eigenvalue weighted by atomic mass is 127. The first-order valence-corrected chi connectivity index (χ1v) is 11.7. The van der Waals surface area contributed by atoms with Crippen LogP contribution in [0.1, 0.15) is 24.6 Å². The molecule has 7 nitrogen and oxygen atoms in total. The number of guanidine groups is 1. The number of rotatable bonds is 6. The first kappa shape index (κ1) is 25.1. The second-order valence-electron chi connectivity index (χ2n) is 8.48. The third kappa shape index (κ3) is 6.51. The second kappa shape index (κ2) is 12.1. The molecule has 2 fully saturated rings. The van der Waals surface area contributed by atoms with Gasteiger partial charge < -0.3 is 19.6 Å². The van der Waals surface area contributed by atoms with Crippen molar-refractivity contribution < 1.29 is 4.52 Å². The lowest BCUT2D eigenvalue weighted by Gasteiger charge is -2.36. The van der Waals surface area contributed by atoms with Gasteiger partial charge in [-0.05, 0) is 43.9 Å². The number of nitrogens with zero attached hydrogens (tertiary/aromatic N) is 5. The molecule has 2 aromatic rings. The molecule has 176 valence electrons. The summed E-state index contributed by atoms with van der Waals surface area (Å²) in [5.74, 6) is 1.61. The van der Waals surface area contributed by atoms with Crippen molar-refractivity contribution in [3.63, 3.8) is 0 Å². The fourth-order valence-corrected chi connectivity index (χ4v) is 4.60. The van der Waals surface area contributed by atoms with Crippen molar-refractivity contribution in [2.75, 3.05) is 57.3 Å². The van der Waals surface area contributed by atoms with Gasteiger partial charge in [0, 0.05) is 75.7 Å². The maximum atomic E-state index is 6.23. The Kier molecular flexibility index (Phi) is 9.48. The van der Waals surface area contributed by atoms with Gasteiger partial charge in [0.05, 0.1) is 5.69 Å². The molecule has 0 aliphatic carbocycles. The molecule has 1 N–H and O–H groups in total. The average molecular weight is 573 g/mol. The van der Waals surface area contributed by atoms with Crippen LogP contribution in [0.25, 0.3) is 0 Å². The Morgan fingerprint density at radius 3 is 2.75 bits per heavy atom. The minimum absolute atomic E-state index is 0. The van der Waals surface area contributed by atoms with E-state index in [1.54, 1.807) is 6.26 Å². The topological polar surface area (TPSA) is 60.1 Å². The first-order valence-electron chi connectivity index (χ1n) is 11.3. The zero-order valence-corrected chi connectivity index (χ0v) is 22.1. The van der Waals surface area contributed by atoms with Crippen LogP contribution in [0.3, 0.4) is 0 Å². The number of anilines is 1. The van der Waals surface area contributed by atoms with E-state index in [1.165, 1.54) is 17.7 Å². The Hall–Kier alpha value is -1.52. The predicted molar refractivity (Wildman–Crippen MR) is 141 cm³/mol. The number of aliphatic imine (C=N–C) groups is 1. The third-order valence-corrected chi connectivity index (χ3v) is 6.42. The van der Waals surface area contributed by atoms with Gasteiger partial charge in [0.2, 0.25) is 0 Å². The van der Waals surface area contributed by atoms with Crippen molar-refractivity contribution in [3.05, 3.63) is 46.8 Å². The fraction of sp³-hybridized carbons (Fsp3) is 0.565. The molecule has 0 bridgehead atoms. The molecule has 4 rings (SSSR count). The summed E-state index contributed by atoms with van der Waals surface area (Å²) in [6.45, 7) is 12.9. The summed E-state index contributed by atoms with van der Waals surface area (Å²) in [5, 5.41) is 8.33. The summed E-state index contributed by atoms with van der Waals surface area (Å²) in [7, 11) is 0. The molecule has 0 spiro atoms. The van der Waals surface area contributed by atoms with Gasteiger partial charge in [-0.2, -0.15) is 0 Å². The number of nitrogens with one attached hydrogen (secondary N) is 1. The first-order chi connectivity index (χ1) is 15.1. The van der Waals surface area contributed by atoms with E-state index in [2.05, 4.69) is 51.2 Å². The second-order valence-corrected chi connectivity index (χ2v) is 8.92. The number of aryl methyl sites for hydroxylation is 1. The summed E-state index contributed by atoms with van der Waals surface area (Å²) >= 11 is 6.23. The normalized spacial score (nSPS) is 19.8. The Labute approximate surface area is 213 Å². The van der Waals surface area contributed by atoms with Gasteiger partial charge in [-0.15, -0.1) is 24.0 Å². The van der Waals surface area contributed by atoms with E-state index >= 15 is 0 Å². The van der Waals surface area contributed by atoms with Gasteiger partial charge in [0.1, 0.15) is 6.26 Å². The Bertz CT molecular complexity index is 869. The molecule has 2 saturated heterocycles. The van der Waals surface area contributed by atoms with Crippen LogP contribution in [0.4, 0.5) is 5.69 Å². The molecule has 0 saturated carbocycles. The molecule has 2 aliphatic rings. The summed E-state index contributed by atoms with van der Waals surface area (Å²) in [5.41, 5.74) is 3.54. The highest BCUT2D eigenvalue weighted by Gasteiger charge is 2.25. The molecule has 1 aromatic carbocycles. The molecule has 1 unspecified atom stereocenters. The van der Waals surface area contributed by atoms with Gasteiger partial charge in [-0.1, -0.05) is 22.8 Å². The van der Waals surface area contributed by atoms with E-state index in [-0.39, 0.29) is 24.0 Å². The highest BCUT2D eigenvalue weighted by molar-refractivity contribution is 14.0. The summed E-state index contributed by atoms with van der Waals surface area (Å²) < 4.78 is 4.95. The van der Waals surface area contributed by atoms with Crippen LogP contribution in [-0.4, -0.2) is 73.3 Å². The molecule has 1 aromatic heterocycles. The van der Waals surface area contributed by atoms with E-state index in [4.69, 9.17) is 21.1 Å². The SMILES string of the molecule is CCNC(=NCC1CCN(c2cc(Cl)ccc2C)C1)N1CCN(Cc2ccon2)CC1.I. The number of halogens is 2. The number of piperazine rings is 1. The van der Waals surface area contributed by atoms with E-state index in [1.807, 2.05) is 12.1 Å². The lowest BCUT2D eigenvalue weighted by molar-refractivity contribution is 0.169. The van der Waals surface area contributed by atoms with Gasteiger partial charge in [0.15, 0.2) is 5.96 Å². The molecule has 3 heterocycles. The quantitative estimate of drug-likeness (QED) is 0.322. The van der Waals surface area contributed by atoms with E-state index in [0.717, 1.165) is 75.6 Å². The van der Waals surface area contributed by atoms with Gasteiger partial charge in [-0.25, -0.2) is 0 Å². The van der Waals surface area contributed by atoms with Crippen LogP contribution in [0.15, 0.2) is 40.0 Å². The average Bonchev–Trinajstić information content (AvgIpc) is 3.46. The molecule has 9 heteroatoms. The molecule has 0 amide bonds. The molecular weight excluding hydrogens is 539 g/mol. The highest BCUT2D eigenvalue weighted by Crippen LogP contribution is 2.29. The Morgan fingerprint density at radius 2 is 2.03 bits per heavy atom. The molecule has 1 atom stereocenters. The van der Waals surface area contributed by atoms with Crippen LogP contribution in [0.5, 0.6) is 0 Å². The van der Waals surface area contributed by atoms with Crippen molar-refractivity contribution in [2.24, 2.45) is 10.9 Å². The summed E-state index contributed by atoms with van der Waals surface area (Å²) in [6.07, 6.45) is 2.81. The van der Waals surface area contributed by atoms with Crippen LogP contribution >= 0.6 is 35.6 Å². The van der Waals surface area contributed by atoms with Gasteiger partial charge in [0.25, 0.3) is 0 Å². The van der Waals surface area contributed by atoms with Crippen LogP contribution in [0.2, 0.25) is 5.02 Å². The van der Waals surface area contributed by atoms with Crippen molar-refractivity contribution in [1.82, 2.24) is 20.3 Å². The van der Waals surface area contributed by atoms with E-state index in [9.17, 15) is 0 Å². The number of hydrogen-bond acceptors (Lipinski definition) is 5. The zero-order valence-electron chi connectivity index (χ0n) is 19.0. The zero-order chi connectivity index (χ0) is 21.6.